The van der Waals surface area contributed by atoms with Crippen LogP contribution < -0.4 is 10.6 Å². The maximum absolute atomic E-state index is 13.4. The Balaban J connectivity index is 1.19. The molecule has 1 aliphatic heterocycles. The average Bonchev–Trinajstić information content (AvgIpc) is 3.23. The zero-order valence-corrected chi connectivity index (χ0v) is 23.7. The van der Waals surface area contributed by atoms with Crippen molar-refractivity contribution in [3.63, 3.8) is 0 Å². The highest BCUT2D eigenvalue weighted by atomic mass is 16.5. The van der Waals surface area contributed by atoms with E-state index in [4.69, 9.17) is 4.74 Å². The summed E-state index contributed by atoms with van der Waals surface area (Å²) in [4.78, 5) is 72.0. The Bertz CT molecular complexity index is 1790. The summed E-state index contributed by atoms with van der Waals surface area (Å²) in [6.45, 7) is 3.53. The number of hydrogen-bond acceptors (Lipinski definition) is 7. The van der Waals surface area contributed by atoms with Gasteiger partial charge in [0, 0.05) is 80.2 Å². The molecule has 42 heavy (non-hydrogen) atoms. The molecule has 0 unspecified atom stereocenters. The van der Waals surface area contributed by atoms with Gasteiger partial charge in [-0.2, -0.15) is 0 Å². The van der Waals surface area contributed by atoms with Crippen LogP contribution in [0.4, 0.5) is 11.5 Å². The van der Waals surface area contributed by atoms with E-state index >= 15 is 0 Å². The van der Waals surface area contributed by atoms with Crippen LogP contribution in [0.15, 0.2) is 36.3 Å². The van der Waals surface area contributed by atoms with E-state index < -0.39 is 17.3 Å². The number of ether oxygens (including phenoxy) is 1. The number of H-pyrrole nitrogens is 1. The van der Waals surface area contributed by atoms with Crippen molar-refractivity contribution in [1.82, 2.24) is 24.0 Å². The molecule has 0 aromatic carbocycles. The highest BCUT2D eigenvalue weighted by Gasteiger charge is 2.68. The molecule has 3 aliphatic rings. The van der Waals surface area contributed by atoms with Crippen molar-refractivity contribution in [2.75, 3.05) is 24.3 Å². The summed E-state index contributed by atoms with van der Waals surface area (Å²) in [6.07, 6.45) is 8.56. The Kier molecular flexibility index (Phi) is 6.06. The van der Waals surface area contributed by atoms with Gasteiger partial charge in [0.2, 0.25) is 17.5 Å². The van der Waals surface area contributed by atoms with E-state index in [0.29, 0.717) is 46.1 Å². The molecule has 0 bridgehead atoms. The minimum absolute atomic E-state index is 0.0979. The van der Waals surface area contributed by atoms with Crippen molar-refractivity contribution < 1.29 is 28.7 Å². The SMILES string of the molecule is COC(=O)c1c(C)[nH]c2c1[C@@]13C[C@@H]1CN(C(=O)C=Cc1cc(NC(=O)c4nc(NC(C)=O)cn4C)cn1C)C3=CC2=O. The number of methoxy groups -OCH3 is 1. The minimum Gasteiger partial charge on any atom is -0.465 e. The average molecular weight is 572 g/mol. The lowest BCUT2D eigenvalue weighted by molar-refractivity contribution is -0.124. The fourth-order valence-electron chi connectivity index (χ4n) is 6.25. The first-order valence-corrected chi connectivity index (χ1v) is 13.3. The third-order valence-corrected chi connectivity index (χ3v) is 8.14. The fraction of sp³-hybridized carbons (Fsp3) is 0.310. The molecule has 2 fully saturated rings. The van der Waals surface area contributed by atoms with Crippen molar-refractivity contribution in [2.45, 2.75) is 25.7 Å². The Morgan fingerprint density at radius 1 is 1.17 bits per heavy atom. The number of fused-ring (bicyclic) bond motifs is 1. The number of nitrogens with one attached hydrogen (secondary N) is 3. The van der Waals surface area contributed by atoms with Gasteiger partial charge in [0.05, 0.1) is 24.1 Å². The summed E-state index contributed by atoms with van der Waals surface area (Å²) in [7, 11) is 4.73. The lowest BCUT2D eigenvalue weighted by Crippen LogP contribution is -2.33. The Morgan fingerprint density at radius 2 is 1.93 bits per heavy atom. The quantitative estimate of drug-likeness (QED) is 0.302. The number of piperidine rings is 1. The van der Waals surface area contributed by atoms with Gasteiger partial charge in [-0.05, 0) is 31.4 Å². The second-order valence-electron chi connectivity index (χ2n) is 10.9. The van der Waals surface area contributed by atoms with Gasteiger partial charge in [0.25, 0.3) is 11.8 Å². The number of ketones is 1. The van der Waals surface area contributed by atoms with E-state index in [1.165, 1.54) is 36.9 Å². The van der Waals surface area contributed by atoms with Crippen LogP contribution in [-0.2, 0) is 33.8 Å². The van der Waals surface area contributed by atoms with Crippen LogP contribution >= 0.6 is 0 Å². The molecule has 1 saturated heterocycles. The summed E-state index contributed by atoms with van der Waals surface area (Å²) in [5.41, 5.74) is 3.16. The summed E-state index contributed by atoms with van der Waals surface area (Å²) >= 11 is 0. The monoisotopic (exact) mass is 571 g/mol. The molecule has 1 saturated carbocycles. The molecule has 13 nitrogen and oxygen atoms in total. The van der Waals surface area contributed by atoms with E-state index in [9.17, 15) is 24.0 Å². The zero-order chi connectivity index (χ0) is 30.1. The molecule has 3 N–H and O–H groups in total. The maximum Gasteiger partial charge on any atom is 0.340 e. The number of anilines is 2. The van der Waals surface area contributed by atoms with Crippen molar-refractivity contribution in [3.8, 4) is 0 Å². The summed E-state index contributed by atoms with van der Waals surface area (Å²) in [5.74, 6) is -1.36. The number of amides is 3. The molecule has 2 atom stereocenters. The number of likely N-dealkylation sites (tertiary alicyclic amines) is 1. The lowest BCUT2D eigenvalue weighted by atomic mass is 9.82. The molecule has 0 radical (unpaired) electrons. The van der Waals surface area contributed by atoms with Gasteiger partial charge >= 0.3 is 5.97 Å². The Hall–Kier alpha value is -5.20. The second kappa shape index (κ2) is 9.43. The number of aryl methyl sites for hydroxylation is 3. The number of hydrogen-bond donors (Lipinski definition) is 3. The fourth-order valence-corrected chi connectivity index (χ4v) is 6.25. The van der Waals surface area contributed by atoms with E-state index in [-0.39, 0.29) is 35.2 Å². The molecule has 6 rings (SSSR count). The maximum atomic E-state index is 13.4. The van der Waals surface area contributed by atoms with Crippen LogP contribution in [0.3, 0.4) is 0 Å². The Labute approximate surface area is 240 Å². The van der Waals surface area contributed by atoms with Gasteiger partial charge in [0.1, 0.15) is 0 Å². The number of imidazole rings is 1. The molecular weight excluding hydrogens is 542 g/mol. The zero-order valence-electron chi connectivity index (χ0n) is 23.7. The minimum atomic E-state index is -0.561. The molecule has 13 heteroatoms. The van der Waals surface area contributed by atoms with Gasteiger partial charge in [0.15, 0.2) is 5.82 Å². The van der Waals surface area contributed by atoms with Crippen molar-refractivity contribution in [3.05, 3.63) is 70.3 Å². The van der Waals surface area contributed by atoms with Gasteiger partial charge in [-0.15, -0.1) is 0 Å². The first-order chi connectivity index (χ1) is 19.9. The van der Waals surface area contributed by atoms with Crippen molar-refractivity contribution >= 4 is 47.1 Å². The number of nitrogens with zero attached hydrogens (tertiary/aromatic N) is 4. The van der Waals surface area contributed by atoms with Crippen LogP contribution in [-0.4, -0.2) is 67.1 Å². The molecular formula is C29H29N7O6. The van der Waals surface area contributed by atoms with Crippen LogP contribution in [0.1, 0.15) is 61.8 Å². The third-order valence-electron chi connectivity index (χ3n) is 8.14. The van der Waals surface area contributed by atoms with Crippen LogP contribution in [0.25, 0.3) is 6.08 Å². The molecule has 2 aliphatic carbocycles. The molecule has 3 aromatic rings. The Morgan fingerprint density at radius 3 is 2.64 bits per heavy atom. The number of aromatic nitrogens is 4. The van der Waals surface area contributed by atoms with Crippen LogP contribution in [0.2, 0.25) is 0 Å². The molecule has 3 aromatic heterocycles. The standard InChI is InChI=1S/C29H29N7O6/c1-14-23(28(41)42-5)24-25(30-14)19(38)9-20-29(24)10-16(29)11-36(20)22(39)7-6-18-8-17(12-34(18)3)32-27(40)26-33-21(13-35(26)4)31-15(2)37/h6-9,12-13,16,30H,10-11H2,1-5H3,(H,31,37)(H,32,40)/t16-,29+/m1/s1. The van der Waals surface area contributed by atoms with E-state index in [1.54, 1.807) is 48.8 Å². The van der Waals surface area contributed by atoms with Crippen molar-refractivity contribution in [2.24, 2.45) is 20.0 Å². The number of carbonyl (C=O) groups is 5. The topological polar surface area (TPSA) is 160 Å². The van der Waals surface area contributed by atoms with E-state index in [1.807, 2.05) is 0 Å². The third kappa shape index (κ3) is 4.07. The van der Waals surface area contributed by atoms with Crippen LogP contribution in [0.5, 0.6) is 0 Å². The highest BCUT2D eigenvalue weighted by Crippen LogP contribution is 2.67. The predicted molar refractivity (Wildman–Crippen MR) is 151 cm³/mol. The van der Waals surface area contributed by atoms with E-state index in [0.717, 1.165) is 6.42 Å². The number of rotatable bonds is 6. The second-order valence-corrected chi connectivity index (χ2v) is 10.9. The molecule has 4 heterocycles. The van der Waals surface area contributed by atoms with E-state index in [2.05, 4.69) is 20.6 Å². The molecule has 3 amide bonds. The highest BCUT2D eigenvalue weighted by molar-refractivity contribution is 6.11. The van der Waals surface area contributed by atoms with Gasteiger partial charge in [-0.1, -0.05) is 0 Å². The molecule has 1 spiro atoms. The number of esters is 1. The normalized spacial score (nSPS) is 20.1. The van der Waals surface area contributed by atoms with Gasteiger partial charge < -0.3 is 34.4 Å². The summed E-state index contributed by atoms with van der Waals surface area (Å²) in [6, 6.07) is 1.71. The van der Waals surface area contributed by atoms with Gasteiger partial charge in [-0.3, -0.25) is 19.2 Å². The number of carbonyl (C=O) groups excluding carboxylic acids is 5. The predicted octanol–water partition coefficient (Wildman–Crippen LogP) is 2.29. The smallest absolute Gasteiger partial charge is 0.340 e. The van der Waals surface area contributed by atoms with Crippen molar-refractivity contribution in [1.29, 1.82) is 0 Å². The lowest BCUT2D eigenvalue weighted by Gasteiger charge is -2.27. The summed E-state index contributed by atoms with van der Waals surface area (Å²) < 4.78 is 8.27. The number of aromatic amines is 1. The summed E-state index contributed by atoms with van der Waals surface area (Å²) in [5, 5.41) is 5.33. The first kappa shape index (κ1) is 27.0. The van der Waals surface area contributed by atoms with Crippen LogP contribution in [0, 0.1) is 12.8 Å². The first-order valence-electron chi connectivity index (χ1n) is 13.3. The molecule has 216 valence electrons. The largest absolute Gasteiger partial charge is 0.465 e. The van der Waals surface area contributed by atoms with Gasteiger partial charge in [-0.25, -0.2) is 9.78 Å². The number of allylic oxidation sites excluding steroid dienone is 2.